The van der Waals surface area contributed by atoms with Gasteiger partial charge in [-0.25, -0.2) is 4.79 Å². The van der Waals surface area contributed by atoms with Gasteiger partial charge < -0.3 is 20.1 Å². The van der Waals surface area contributed by atoms with Crippen molar-refractivity contribution in [2.24, 2.45) is 11.3 Å². The van der Waals surface area contributed by atoms with Crippen LogP contribution in [0.1, 0.15) is 47.5 Å². The van der Waals surface area contributed by atoms with Crippen LogP contribution in [0.25, 0.3) is 0 Å². The number of amides is 1. The monoisotopic (exact) mass is 298 g/mol. The molecule has 0 radical (unpaired) electrons. The van der Waals surface area contributed by atoms with Gasteiger partial charge >= 0.3 is 6.09 Å². The summed E-state index contributed by atoms with van der Waals surface area (Å²) in [6, 6.07) is 0.378. The van der Waals surface area contributed by atoms with Crippen LogP contribution >= 0.6 is 0 Å². The van der Waals surface area contributed by atoms with E-state index in [0.29, 0.717) is 12.0 Å². The van der Waals surface area contributed by atoms with E-state index in [1.54, 1.807) is 4.90 Å². The van der Waals surface area contributed by atoms with Crippen LogP contribution in [0, 0.1) is 11.3 Å². The zero-order valence-corrected chi connectivity index (χ0v) is 14.0. The molecule has 3 atom stereocenters. The molecule has 2 N–H and O–H groups in total. The minimum atomic E-state index is -0.431. The van der Waals surface area contributed by atoms with Crippen LogP contribution in [0.15, 0.2) is 0 Å². The van der Waals surface area contributed by atoms with Gasteiger partial charge in [0.25, 0.3) is 0 Å². The van der Waals surface area contributed by atoms with E-state index in [1.807, 2.05) is 20.8 Å². The van der Waals surface area contributed by atoms with Gasteiger partial charge in [0.1, 0.15) is 5.60 Å². The SMILES string of the molecule is CC(C)(C)OC(=O)N1CCC(CNC2CC(O)C2(C)C)C1. The molecule has 1 saturated carbocycles. The molecule has 1 amide bonds. The van der Waals surface area contributed by atoms with Gasteiger partial charge in [-0.2, -0.15) is 0 Å². The van der Waals surface area contributed by atoms with E-state index < -0.39 is 5.60 Å². The first-order valence-corrected chi connectivity index (χ1v) is 7.99. The quantitative estimate of drug-likeness (QED) is 0.836. The van der Waals surface area contributed by atoms with E-state index in [4.69, 9.17) is 4.74 Å². The summed E-state index contributed by atoms with van der Waals surface area (Å²) < 4.78 is 5.41. The number of hydrogen-bond donors (Lipinski definition) is 2. The molecule has 1 aliphatic heterocycles. The number of carbonyl (C=O) groups excluding carboxylic acids is 1. The number of aliphatic hydroxyl groups is 1. The summed E-state index contributed by atoms with van der Waals surface area (Å²) >= 11 is 0. The summed E-state index contributed by atoms with van der Waals surface area (Å²) in [7, 11) is 0. The van der Waals surface area contributed by atoms with E-state index in [0.717, 1.165) is 32.5 Å². The average molecular weight is 298 g/mol. The summed E-state index contributed by atoms with van der Waals surface area (Å²) in [6.45, 7) is 12.3. The van der Waals surface area contributed by atoms with Crippen molar-refractivity contribution in [2.75, 3.05) is 19.6 Å². The van der Waals surface area contributed by atoms with E-state index in [-0.39, 0.29) is 17.6 Å². The maximum atomic E-state index is 12.0. The molecule has 122 valence electrons. The van der Waals surface area contributed by atoms with Gasteiger partial charge in [-0.05, 0) is 46.1 Å². The van der Waals surface area contributed by atoms with Gasteiger partial charge in [0.2, 0.25) is 0 Å². The highest BCUT2D eigenvalue weighted by Crippen LogP contribution is 2.40. The van der Waals surface area contributed by atoms with Gasteiger partial charge in [0, 0.05) is 24.5 Å². The van der Waals surface area contributed by atoms with E-state index >= 15 is 0 Å². The van der Waals surface area contributed by atoms with E-state index in [1.165, 1.54) is 0 Å². The molecule has 21 heavy (non-hydrogen) atoms. The Kier molecular flexibility index (Phi) is 4.54. The maximum Gasteiger partial charge on any atom is 0.410 e. The highest BCUT2D eigenvalue weighted by molar-refractivity contribution is 5.68. The molecular weight excluding hydrogens is 268 g/mol. The van der Waals surface area contributed by atoms with Crippen molar-refractivity contribution in [1.29, 1.82) is 0 Å². The van der Waals surface area contributed by atoms with Crippen LogP contribution < -0.4 is 5.32 Å². The predicted molar refractivity (Wildman–Crippen MR) is 82.1 cm³/mol. The fraction of sp³-hybridized carbons (Fsp3) is 0.938. The molecule has 0 spiro atoms. The number of hydrogen-bond acceptors (Lipinski definition) is 4. The van der Waals surface area contributed by atoms with E-state index in [2.05, 4.69) is 19.2 Å². The highest BCUT2D eigenvalue weighted by Gasteiger charge is 2.47. The third-order valence-electron chi connectivity index (χ3n) is 4.81. The molecule has 2 fully saturated rings. The summed E-state index contributed by atoms with van der Waals surface area (Å²) in [5.41, 5.74) is -0.469. The Morgan fingerprint density at radius 3 is 2.62 bits per heavy atom. The molecule has 0 aromatic carbocycles. The zero-order chi connectivity index (χ0) is 15.8. The summed E-state index contributed by atoms with van der Waals surface area (Å²) in [5.74, 6) is 0.478. The lowest BCUT2D eigenvalue weighted by Crippen LogP contribution is -2.60. The fourth-order valence-corrected chi connectivity index (χ4v) is 3.05. The van der Waals surface area contributed by atoms with Crippen LogP contribution in [-0.2, 0) is 4.74 Å². The first-order chi connectivity index (χ1) is 9.59. The first kappa shape index (κ1) is 16.6. The van der Waals surface area contributed by atoms with Crippen LogP contribution in [0.5, 0.6) is 0 Å². The summed E-state index contributed by atoms with van der Waals surface area (Å²) in [6.07, 6.45) is 1.44. The van der Waals surface area contributed by atoms with Gasteiger partial charge in [-0.3, -0.25) is 0 Å². The molecule has 1 heterocycles. The third kappa shape index (κ3) is 3.89. The predicted octanol–water partition coefficient (Wildman–Crippen LogP) is 1.99. The maximum absolute atomic E-state index is 12.0. The number of nitrogens with one attached hydrogen (secondary N) is 1. The van der Waals surface area contributed by atoms with Crippen LogP contribution in [-0.4, -0.2) is 53.5 Å². The van der Waals surface area contributed by atoms with Gasteiger partial charge in [0.05, 0.1) is 6.10 Å². The lowest BCUT2D eigenvalue weighted by atomic mass is 9.64. The highest BCUT2D eigenvalue weighted by atomic mass is 16.6. The average Bonchev–Trinajstić information content (AvgIpc) is 2.81. The number of rotatable bonds is 3. The Hall–Kier alpha value is -0.810. The van der Waals surface area contributed by atoms with Crippen LogP contribution in [0.3, 0.4) is 0 Å². The Morgan fingerprint density at radius 1 is 1.43 bits per heavy atom. The molecule has 1 aliphatic carbocycles. The molecule has 0 aromatic heterocycles. The third-order valence-corrected chi connectivity index (χ3v) is 4.81. The standard InChI is InChI=1S/C16H30N2O3/c1-15(2,3)21-14(20)18-7-6-11(10-18)9-17-12-8-13(19)16(12,4)5/h11-13,17,19H,6-10H2,1-5H3. The smallest absolute Gasteiger partial charge is 0.410 e. The Bertz CT molecular complexity index is 389. The van der Waals surface area contributed by atoms with Crippen LogP contribution in [0.2, 0.25) is 0 Å². The summed E-state index contributed by atoms with van der Waals surface area (Å²) in [5, 5.41) is 13.3. The van der Waals surface area contributed by atoms with Crippen molar-refractivity contribution in [3.8, 4) is 0 Å². The van der Waals surface area contributed by atoms with Gasteiger partial charge in [-0.15, -0.1) is 0 Å². The Balaban J connectivity index is 1.72. The fourth-order valence-electron chi connectivity index (χ4n) is 3.05. The number of carbonyl (C=O) groups is 1. The van der Waals surface area contributed by atoms with Crippen molar-refractivity contribution in [1.82, 2.24) is 10.2 Å². The largest absolute Gasteiger partial charge is 0.444 e. The second-order valence-corrected chi connectivity index (χ2v) is 8.11. The summed E-state index contributed by atoms with van der Waals surface area (Å²) in [4.78, 5) is 13.8. The molecule has 2 aliphatic rings. The molecule has 0 aromatic rings. The number of likely N-dealkylation sites (tertiary alicyclic amines) is 1. The van der Waals surface area contributed by atoms with Crippen molar-refractivity contribution < 1.29 is 14.6 Å². The minimum absolute atomic E-state index is 0.0382. The second kappa shape index (κ2) is 5.76. The molecule has 0 bridgehead atoms. The minimum Gasteiger partial charge on any atom is -0.444 e. The Labute approximate surface area is 128 Å². The Morgan fingerprint density at radius 2 is 2.10 bits per heavy atom. The molecule has 2 rings (SSSR count). The van der Waals surface area contributed by atoms with E-state index in [9.17, 15) is 9.90 Å². The zero-order valence-electron chi connectivity index (χ0n) is 14.0. The number of nitrogens with zero attached hydrogens (tertiary/aromatic N) is 1. The molecule has 3 unspecified atom stereocenters. The second-order valence-electron chi connectivity index (χ2n) is 8.11. The lowest BCUT2D eigenvalue weighted by Gasteiger charge is -2.50. The number of aliphatic hydroxyl groups excluding tert-OH is 1. The number of ether oxygens (including phenoxy) is 1. The van der Waals surface area contributed by atoms with Crippen molar-refractivity contribution in [2.45, 2.75) is 65.2 Å². The molecule has 5 nitrogen and oxygen atoms in total. The lowest BCUT2D eigenvalue weighted by molar-refractivity contribution is -0.0731. The van der Waals surface area contributed by atoms with Crippen molar-refractivity contribution in [3.63, 3.8) is 0 Å². The molecule has 5 heteroatoms. The molecular formula is C16H30N2O3. The van der Waals surface area contributed by atoms with Gasteiger partial charge in [0.15, 0.2) is 0 Å². The van der Waals surface area contributed by atoms with Crippen molar-refractivity contribution in [3.05, 3.63) is 0 Å². The van der Waals surface area contributed by atoms with Crippen molar-refractivity contribution >= 4 is 6.09 Å². The normalized spacial score (nSPS) is 31.9. The van der Waals surface area contributed by atoms with Gasteiger partial charge in [-0.1, -0.05) is 13.8 Å². The topological polar surface area (TPSA) is 61.8 Å². The first-order valence-electron chi connectivity index (χ1n) is 7.99. The van der Waals surface area contributed by atoms with Crippen LogP contribution in [0.4, 0.5) is 4.79 Å². The molecule has 1 saturated heterocycles.